The molecule has 1 aliphatic carbocycles. The lowest BCUT2D eigenvalue weighted by molar-refractivity contribution is 0.0871. The molecule has 1 nitrogen and oxygen atoms in total. The van der Waals surface area contributed by atoms with Gasteiger partial charge in [-0.3, -0.25) is 0 Å². The number of nitrogens with one attached hydrogen (secondary N) is 1. The van der Waals surface area contributed by atoms with E-state index in [0.717, 1.165) is 24.4 Å². The van der Waals surface area contributed by atoms with E-state index in [1.54, 1.807) is 0 Å². The molecular formula is C16H33NS. The number of thioether (sulfide) groups is 1. The Hall–Kier alpha value is 0.310. The van der Waals surface area contributed by atoms with Crippen LogP contribution >= 0.6 is 11.8 Å². The number of rotatable bonds is 7. The van der Waals surface area contributed by atoms with Gasteiger partial charge in [0.15, 0.2) is 0 Å². The van der Waals surface area contributed by atoms with Gasteiger partial charge in [0, 0.05) is 6.04 Å². The fourth-order valence-electron chi connectivity index (χ4n) is 3.66. The first-order valence-electron chi connectivity index (χ1n) is 7.73. The Morgan fingerprint density at radius 3 is 2.61 bits per heavy atom. The number of hydrogen-bond acceptors (Lipinski definition) is 2. The first kappa shape index (κ1) is 16.4. The van der Waals surface area contributed by atoms with Crippen molar-refractivity contribution in [1.29, 1.82) is 0 Å². The smallest absolute Gasteiger partial charge is 0.0103 e. The summed E-state index contributed by atoms with van der Waals surface area (Å²) in [6.45, 7) is 10.8. The molecule has 0 aromatic rings. The molecule has 0 aromatic heterocycles. The second kappa shape index (κ2) is 7.79. The van der Waals surface area contributed by atoms with E-state index in [2.05, 4.69) is 39.3 Å². The van der Waals surface area contributed by atoms with Gasteiger partial charge >= 0.3 is 0 Å². The van der Waals surface area contributed by atoms with Crippen molar-refractivity contribution in [3.8, 4) is 0 Å². The zero-order valence-corrected chi connectivity index (χ0v) is 13.9. The Morgan fingerprint density at radius 2 is 2.00 bits per heavy atom. The molecule has 3 unspecified atom stereocenters. The van der Waals surface area contributed by atoms with E-state index in [4.69, 9.17) is 0 Å². The Labute approximate surface area is 119 Å². The minimum absolute atomic E-state index is 0.503. The molecule has 18 heavy (non-hydrogen) atoms. The van der Waals surface area contributed by atoms with Gasteiger partial charge in [-0.2, -0.15) is 11.8 Å². The molecule has 0 aromatic carbocycles. The van der Waals surface area contributed by atoms with Crippen molar-refractivity contribution in [1.82, 2.24) is 5.32 Å². The fraction of sp³-hybridized carbons (Fsp3) is 1.00. The summed E-state index contributed by atoms with van der Waals surface area (Å²) >= 11 is 1.98. The molecule has 1 aliphatic rings. The van der Waals surface area contributed by atoms with Crippen LogP contribution in [-0.4, -0.2) is 24.6 Å². The lowest BCUT2D eigenvalue weighted by Gasteiger charge is -2.45. The SMILES string of the molecule is CCNC1CC(C)CCC1C(C)(C)CCCSC. The van der Waals surface area contributed by atoms with Crippen molar-refractivity contribution >= 4 is 11.8 Å². The first-order chi connectivity index (χ1) is 8.51. The predicted molar refractivity (Wildman–Crippen MR) is 85.4 cm³/mol. The third kappa shape index (κ3) is 4.77. The van der Waals surface area contributed by atoms with Crippen LogP contribution in [0.1, 0.15) is 59.8 Å². The van der Waals surface area contributed by atoms with Crippen LogP contribution in [0.2, 0.25) is 0 Å². The van der Waals surface area contributed by atoms with E-state index in [0.29, 0.717) is 5.41 Å². The third-order valence-corrected chi connectivity index (χ3v) is 5.45. The minimum atomic E-state index is 0.503. The van der Waals surface area contributed by atoms with Crippen LogP contribution in [0, 0.1) is 17.3 Å². The van der Waals surface area contributed by atoms with E-state index < -0.39 is 0 Å². The molecule has 0 radical (unpaired) electrons. The summed E-state index contributed by atoms with van der Waals surface area (Å²) in [5.41, 5.74) is 0.503. The molecule has 1 rings (SSSR count). The molecule has 1 saturated carbocycles. The standard InChI is InChI=1S/C16H33NS/c1-6-17-15-12-13(2)8-9-14(15)16(3,4)10-7-11-18-5/h13-15,17H,6-12H2,1-5H3. The molecule has 1 fully saturated rings. The van der Waals surface area contributed by atoms with Gasteiger partial charge in [-0.25, -0.2) is 0 Å². The topological polar surface area (TPSA) is 12.0 Å². The summed E-state index contributed by atoms with van der Waals surface area (Å²) in [5.74, 6) is 3.10. The van der Waals surface area contributed by atoms with Crippen LogP contribution in [-0.2, 0) is 0 Å². The van der Waals surface area contributed by atoms with Gasteiger partial charge in [0.25, 0.3) is 0 Å². The Morgan fingerprint density at radius 1 is 1.28 bits per heavy atom. The highest BCUT2D eigenvalue weighted by atomic mass is 32.2. The third-order valence-electron chi connectivity index (χ3n) is 4.75. The molecule has 2 heteroatoms. The van der Waals surface area contributed by atoms with E-state index >= 15 is 0 Å². The van der Waals surface area contributed by atoms with Gasteiger partial charge in [-0.15, -0.1) is 0 Å². The van der Waals surface area contributed by atoms with Crippen LogP contribution in [0.4, 0.5) is 0 Å². The number of hydrogen-bond donors (Lipinski definition) is 1. The lowest BCUT2D eigenvalue weighted by atomic mass is 9.64. The molecule has 0 aliphatic heterocycles. The van der Waals surface area contributed by atoms with E-state index in [1.807, 2.05) is 11.8 Å². The normalized spacial score (nSPS) is 29.5. The van der Waals surface area contributed by atoms with Crippen LogP contribution in [0.3, 0.4) is 0 Å². The maximum Gasteiger partial charge on any atom is 0.0103 e. The zero-order chi connectivity index (χ0) is 13.6. The Kier molecular flexibility index (Phi) is 7.08. The summed E-state index contributed by atoms with van der Waals surface area (Å²) in [7, 11) is 0. The maximum atomic E-state index is 3.76. The summed E-state index contributed by atoms with van der Waals surface area (Å²) in [6, 6.07) is 0.753. The highest BCUT2D eigenvalue weighted by Crippen LogP contribution is 2.43. The van der Waals surface area contributed by atoms with Crippen molar-refractivity contribution in [3.05, 3.63) is 0 Å². The Bertz CT molecular complexity index is 227. The highest BCUT2D eigenvalue weighted by molar-refractivity contribution is 7.98. The largest absolute Gasteiger partial charge is 0.314 e. The minimum Gasteiger partial charge on any atom is -0.314 e. The first-order valence-corrected chi connectivity index (χ1v) is 9.13. The van der Waals surface area contributed by atoms with Gasteiger partial charge < -0.3 is 5.32 Å². The second-order valence-electron chi connectivity index (χ2n) is 6.77. The van der Waals surface area contributed by atoms with Crippen molar-refractivity contribution in [2.24, 2.45) is 17.3 Å². The van der Waals surface area contributed by atoms with Crippen molar-refractivity contribution < 1.29 is 0 Å². The summed E-state index contributed by atoms with van der Waals surface area (Å²) in [6.07, 6.45) is 9.21. The second-order valence-corrected chi connectivity index (χ2v) is 7.76. The van der Waals surface area contributed by atoms with Crippen molar-refractivity contribution in [2.45, 2.75) is 65.8 Å². The molecule has 0 heterocycles. The van der Waals surface area contributed by atoms with Gasteiger partial charge in [0.2, 0.25) is 0 Å². The van der Waals surface area contributed by atoms with Gasteiger partial charge in [-0.05, 0) is 61.5 Å². The maximum absolute atomic E-state index is 3.76. The Balaban J connectivity index is 2.58. The molecule has 0 amide bonds. The molecule has 3 atom stereocenters. The van der Waals surface area contributed by atoms with Crippen molar-refractivity contribution in [3.63, 3.8) is 0 Å². The van der Waals surface area contributed by atoms with E-state index in [-0.39, 0.29) is 0 Å². The highest BCUT2D eigenvalue weighted by Gasteiger charge is 2.37. The lowest BCUT2D eigenvalue weighted by Crippen LogP contribution is -2.46. The van der Waals surface area contributed by atoms with Crippen LogP contribution in [0.25, 0.3) is 0 Å². The van der Waals surface area contributed by atoms with Crippen LogP contribution in [0.5, 0.6) is 0 Å². The monoisotopic (exact) mass is 271 g/mol. The fourth-order valence-corrected chi connectivity index (χ4v) is 4.09. The molecular weight excluding hydrogens is 238 g/mol. The zero-order valence-electron chi connectivity index (χ0n) is 13.1. The van der Waals surface area contributed by atoms with Gasteiger partial charge in [0.1, 0.15) is 0 Å². The van der Waals surface area contributed by atoms with Gasteiger partial charge in [-0.1, -0.05) is 34.1 Å². The predicted octanol–water partition coefficient (Wildman–Crippen LogP) is 4.57. The molecule has 0 spiro atoms. The van der Waals surface area contributed by atoms with E-state index in [9.17, 15) is 0 Å². The molecule has 0 saturated heterocycles. The summed E-state index contributed by atoms with van der Waals surface area (Å²) in [5, 5.41) is 3.76. The van der Waals surface area contributed by atoms with Crippen LogP contribution in [0.15, 0.2) is 0 Å². The molecule has 108 valence electrons. The summed E-state index contributed by atoms with van der Waals surface area (Å²) < 4.78 is 0. The molecule has 0 bridgehead atoms. The van der Waals surface area contributed by atoms with E-state index in [1.165, 1.54) is 37.9 Å². The molecule has 1 N–H and O–H groups in total. The van der Waals surface area contributed by atoms with Gasteiger partial charge in [0.05, 0.1) is 0 Å². The average molecular weight is 272 g/mol. The quantitative estimate of drug-likeness (QED) is 0.681. The average Bonchev–Trinajstić information content (AvgIpc) is 2.29. The summed E-state index contributed by atoms with van der Waals surface area (Å²) in [4.78, 5) is 0. The van der Waals surface area contributed by atoms with Crippen molar-refractivity contribution in [2.75, 3.05) is 18.6 Å². The van der Waals surface area contributed by atoms with Crippen LogP contribution < -0.4 is 5.32 Å².